The topological polar surface area (TPSA) is 96.2 Å². The minimum absolute atomic E-state index is 0.0106. The second-order valence-electron chi connectivity index (χ2n) is 6.61. The van der Waals surface area contributed by atoms with E-state index in [1.807, 2.05) is 0 Å². The number of ether oxygens (including phenoxy) is 2. The smallest absolute Gasteiger partial charge is 0.340 e. The first-order chi connectivity index (χ1) is 13.0. The molecule has 6 heteroatoms. The highest BCUT2D eigenvalue weighted by molar-refractivity contribution is 5.95. The normalized spacial score (nSPS) is 10.8. The molecule has 0 aromatic heterocycles. The van der Waals surface area contributed by atoms with Crippen LogP contribution in [0, 0.1) is 0 Å². The maximum Gasteiger partial charge on any atom is 0.340 e. The van der Waals surface area contributed by atoms with Gasteiger partial charge in [-0.05, 0) is 26.7 Å². The third kappa shape index (κ3) is 6.52. The van der Waals surface area contributed by atoms with E-state index in [-0.39, 0.29) is 23.7 Å². The molecule has 0 atom stereocenters. The third-order valence-corrected chi connectivity index (χ3v) is 4.53. The number of unbranched alkanes of at least 4 members (excludes halogenated alkanes) is 7. The van der Waals surface area contributed by atoms with Crippen molar-refractivity contribution in [2.75, 3.05) is 13.2 Å². The van der Waals surface area contributed by atoms with Gasteiger partial charge in [0.2, 0.25) is 11.5 Å². The van der Waals surface area contributed by atoms with Gasteiger partial charge in [0.05, 0.1) is 13.2 Å². The summed E-state index contributed by atoms with van der Waals surface area (Å²) in [5.74, 6) is -2.31. The summed E-state index contributed by atoms with van der Waals surface area (Å²) in [5, 5.41) is 29.9. The largest absolute Gasteiger partial charge is 0.504 e. The van der Waals surface area contributed by atoms with Crippen molar-refractivity contribution in [2.45, 2.75) is 78.6 Å². The van der Waals surface area contributed by atoms with E-state index >= 15 is 0 Å². The van der Waals surface area contributed by atoms with Crippen LogP contribution < -0.4 is 9.47 Å². The summed E-state index contributed by atoms with van der Waals surface area (Å²) in [6.45, 7) is 6.28. The van der Waals surface area contributed by atoms with Crippen LogP contribution in [-0.4, -0.2) is 34.5 Å². The van der Waals surface area contributed by atoms with Crippen LogP contribution in [-0.2, 0) is 6.42 Å². The van der Waals surface area contributed by atoms with Gasteiger partial charge >= 0.3 is 5.97 Å². The van der Waals surface area contributed by atoms with Crippen LogP contribution in [0.25, 0.3) is 0 Å². The Kier molecular flexibility index (Phi) is 10.5. The summed E-state index contributed by atoms with van der Waals surface area (Å²) in [4.78, 5) is 11.7. The number of phenols is 2. The van der Waals surface area contributed by atoms with Gasteiger partial charge in [0, 0.05) is 5.56 Å². The average molecular weight is 382 g/mol. The minimum Gasteiger partial charge on any atom is -0.504 e. The van der Waals surface area contributed by atoms with Crippen LogP contribution in [0.3, 0.4) is 0 Å². The van der Waals surface area contributed by atoms with Gasteiger partial charge in [-0.3, -0.25) is 0 Å². The zero-order valence-corrected chi connectivity index (χ0v) is 16.8. The molecular formula is C21H34O6. The fraction of sp³-hybridized carbons (Fsp3) is 0.667. The first-order valence-corrected chi connectivity index (χ1v) is 10.1. The fourth-order valence-corrected chi connectivity index (χ4v) is 3.21. The summed E-state index contributed by atoms with van der Waals surface area (Å²) >= 11 is 0. The van der Waals surface area contributed by atoms with E-state index in [4.69, 9.17) is 9.47 Å². The maximum atomic E-state index is 11.7. The Bertz CT molecular complexity index is 597. The Morgan fingerprint density at radius 1 is 0.778 bits per heavy atom. The number of hydrogen-bond donors (Lipinski definition) is 3. The van der Waals surface area contributed by atoms with E-state index < -0.39 is 17.5 Å². The van der Waals surface area contributed by atoms with Gasteiger partial charge < -0.3 is 24.8 Å². The Morgan fingerprint density at radius 3 is 1.81 bits per heavy atom. The van der Waals surface area contributed by atoms with Crippen molar-refractivity contribution in [3.05, 3.63) is 11.1 Å². The molecule has 0 radical (unpaired) electrons. The Morgan fingerprint density at radius 2 is 1.30 bits per heavy atom. The molecule has 0 bridgehead atoms. The summed E-state index contributed by atoms with van der Waals surface area (Å²) in [6.07, 6.45) is 9.46. The zero-order valence-electron chi connectivity index (χ0n) is 16.8. The first kappa shape index (κ1) is 22.9. The monoisotopic (exact) mass is 382 g/mol. The molecule has 6 nitrogen and oxygen atoms in total. The molecule has 0 heterocycles. The molecule has 0 spiro atoms. The second kappa shape index (κ2) is 12.3. The van der Waals surface area contributed by atoms with Crippen molar-refractivity contribution in [1.29, 1.82) is 0 Å². The molecule has 0 aliphatic heterocycles. The zero-order chi connectivity index (χ0) is 20.2. The van der Waals surface area contributed by atoms with Crippen LogP contribution in [0.15, 0.2) is 0 Å². The second-order valence-corrected chi connectivity index (χ2v) is 6.61. The van der Waals surface area contributed by atoms with E-state index in [1.54, 1.807) is 13.8 Å². The Balaban J connectivity index is 2.96. The van der Waals surface area contributed by atoms with Crippen LogP contribution in [0.4, 0.5) is 0 Å². The lowest BCUT2D eigenvalue weighted by Crippen LogP contribution is -2.09. The van der Waals surface area contributed by atoms with Gasteiger partial charge in [0.25, 0.3) is 0 Å². The van der Waals surface area contributed by atoms with E-state index in [9.17, 15) is 20.1 Å². The molecule has 0 aliphatic carbocycles. The van der Waals surface area contributed by atoms with Gasteiger partial charge in [-0.2, -0.15) is 0 Å². The molecule has 0 unspecified atom stereocenters. The summed E-state index contributed by atoms with van der Waals surface area (Å²) in [6, 6.07) is 0. The standard InChI is InChI=1S/C21H34O6/c1-4-7-8-9-10-11-12-13-14-15-16(21(24)25)17(22)18(23)20(27-6-3)19(15)26-5-2/h22-23H,4-14H2,1-3H3,(H,24,25). The van der Waals surface area contributed by atoms with E-state index in [2.05, 4.69) is 6.92 Å². The molecule has 0 saturated carbocycles. The molecule has 154 valence electrons. The highest BCUT2D eigenvalue weighted by Crippen LogP contribution is 2.49. The van der Waals surface area contributed by atoms with Crippen molar-refractivity contribution in [3.8, 4) is 23.0 Å². The maximum absolute atomic E-state index is 11.7. The minimum atomic E-state index is -1.29. The number of rotatable bonds is 14. The predicted octanol–water partition coefficient (Wildman–Crippen LogP) is 5.28. The fourth-order valence-electron chi connectivity index (χ4n) is 3.21. The molecule has 1 aromatic rings. The molecule has 0 aliphatic rings. The molecule has 0 fully saturated rings. The lowest BCUT2D eigenvalue weighted by atomic mass is 9.97. The van der Waals surface area contributed by atoms with Crippen molar-refractivity contribution in [3.63, 3.8) is 0 Å². The number of carboxylic acids is 1. The lowest BCUT2D eigenvalue weighted by molar-refractivity contribution is 0.0690. The molecule has 3 N–H and O–H groups in total. The summed E-state index contributed by atoms with van der Waals surface area (Å²) in [7, 11) is 0. The summed E-state index contributed by atoms with van der Waals surface area (Å²) < 4.78 is 11.0. The molecule has 1 aromatic carbocycles. The Hall–Kier alpha value is -2.11. The van der Waals surface area contributed by atoms with Crippen LogP contribution in [0.1, 0.15) is 88.1 Å². The van der Waals surface area contributed by atoms with Crippen molar-refractivity contribution >= 4 is 5.97 Å². The average Bonchev–Trinajstić information content (AvgIpc) is 2.63. The molecular weight excluding hydrogens is 348 g/mol. The number of carbonyl (C=O) groups is 1. The van der Waals surface area contributed by atoms with Crippen LogP contribution in [0.5, 0.6) is 23.0 Å². The van der Waals surface area contributed by atoms with Gasteiger partial charge in [-0.1, -0.05) is 51.9 Å². The highest BCUT2D eigenvalue weighted by Gasteiger charge is 2.29. The number of aromatic carboxylic acids is 1. The number of aromatic hydroxyl groups is 2. The molecule has 27 heavy (non-hydrogen) atoms. The number of hydrogen-bond acceptors (Lipinski definition) is 5. The third-order valence-electron chi connectivity index (χ3n) is 4.53. The number of benzene rings is 1. The van der Waals surface area contributed by atoms with E-state index in [0.29, 0.717) is 18.6 Å². The van der Waals surface area contributed by atoms with Gasteiger partial charge in [-0.25, -0.2) is 4.79 Å². The van der Waals surface area contributed by atoms with E-state index in [0.717, 1.165) is 19.3 Å². The van der Waals surface area contributed by atoms with Crippen LogP contribution >= 0.6 is 0 Å². The molecule has 0 amide bonds. The molecule has 1 rings (SSSR count). The predicted molar refractivity (Wildman–Crippen MR) is 105 cm³/mol. The van der Waals surface area contributed by atoms with E-state index in [1.165, 1.54) is 32.1 Å². The highest BCUT2D eigenvalue weighted by atomic mass is 16.5. The van der Waals surface area contributed by atoms with Crippen molar-refractivity contribution in [2.24, 2.45) is 0 Å². The van der Waals surface area contributed by atoms with Gasteiger partial charge in [-0.15, -0.1) is 0 Å². The summed E-state index contributed by atoms with van der Waals surface area (Å²) in [5.41, 5.74) is 0.0800. The lowest BCUT2D eigenvalue weighted by Gasteiger charge is -2.20. The van der Waals surface area contributed by atoms with Crippen molar-refractivity contribution < 1.29 is 29.6 Å². The quantitative estimate of drug-likeness (QED) is 0.299. The van der Waals surface area contributed by atoms with Crippen LogP contribution in [0.2, 0.25) is 0 Å². The van der Waals surface area contributed by atoms with Gasteiger partial charge in [0.1, 0.15) is 5.56 Å². The van der Waals surface area contributed by atoms with Gasteiger partial charge in [0.15, 0.2) is 11.5 Å². The Labute approximate surface area is 162 Å². The molecule has 0 saturated heterocycles. The van der Waals surface area contributed by atoms with Crippen molar-refractivity contribution in [1.82, 2.24) is 0 Å². The first-order valence-electron chi connectivity index (χ1n) is 10.1. The number of phenolic OH excluding ortho intramolecular Hbond substituents is 1. The SMILES string of the molecule is CCCCCCCCCCc1c(OCC)c(OCC)c(O)c(O)c1C(=O)O. The number of carboxylic acid groups (broad SMARTS) is 1.